The van der Waals surface area contributed by atoms with Gasteiger partial charge in [-0.15, -0.1) is 0 Å². The van der Waals surface area contributed by atoms with Gasteiger partial charge in [0.05, 0.1) is 6.26 Å². The molecule has 0 radical (unpaired) electrons. The molecule has 1 N–H and O–H groups in total. The fourth-order valence-electron chi connectivity index (χ4n) is 3.43. The maximum absolute atomic E-state index is 5.34. The minimum Gasteiger partial charge on any atom is -0.461 e. The van der Waals surface area contributed by atoms with Crippen LogP contribution < -0.4 is 5.32 Å². The van der Waals surface area contributed by atoms with Crippen molar-refractivity contribution in [2.75, 3.05) is 0 Å². The Kier molecular flexibility index (Phi) is 2.65. The molecule has 2 atom stereocenters. The molecule has 2 saturated heterocycles. The molecule has 0 saturated carbocycles. The molecule has 0 aromatic carbocycles. The van der Waals surface area contributed by atoms with E-state index in [0.29, 0.717) is 29.6 Å². The van der Waals surface area contributed by atoms with Gasteiger partial charge in [0.1, 0.15) is 0 Å². The van der Waals surface area contributed by atoms with Crippen molar-refractivity contribution in [1.29, 1.82) is 0 Å². The molecule has 2 aliphatic heterocycles. The summed E-state index contributed by atoms with van der Waals surface area (Å²) in [5.41, 5.74) is 0. The van der Waals surface area contributed by atoms with Crippen molar-refractivity contribution in [3.8, 4) is 11.6 Å². The van der Waals surface area contributed by atoms with Gasteiger partial charge in [0.2, 0.25) is 11.7 Å². The van der Waals surface area contributed by atoms with Crippen LogP contribution in [0.5, 0.6) is 0 Å². The summed E-state index contributed by atoms with van der Waals surface area (Å²) < 4.78 is 10.6. The Balaban J connectivity index is 1.46. The Morgan fingerprint density at radius 1 is 1.26 bits per heavy atom. The van der Waals surface area contributed by atoms with Gasteiger partial charge in [-0.25, -0.2) is 0 Å². The summed E-state index contributed by atoms with van der Waals surface area (Å²) >= 11 is 0. The molecule has 4 heterocycles. The number of nitrogens with zero attached hydrogens (tertiary/aromatic N) is 2. The number of fused-ring (bicyclic) bond motifs is 2. The van der Waals surface area contributed by atoms with E-state index in [9.17, 15) is 0 Å². The summed E-state index contributed by atoms with van der Waals surface area (Å²) in [6.45, 7) is 0. The highest BCUT2D eigenvalue weighted by Gasteiger charge is 2.34. The molecule has 2 aromatic rings. The topological polar surface area (TPSA) is 64.1 Å². The van der Waals surface area contributed by atoms with E-state index in [0.717, 1.165) is 12.3 Å². The van der Waals surface area contributed by atoms with E-state index in [4.69, 9.17) is 8.94 Å². The van der Waals surface area contributed by atoms with Gasteiger partial charge in [0.25, 0.3) is 0 Å². The molecule has 2 unspecified atom stereocenters. The number of aromatic nitrogens is 2. The Labute approximate surface area is 111 Å². The highest BCUT2D eigenvalue weighted by atomic mass is 16.5. The average Bonchev–Trinajstić information content (AvgIpc) is 3.10. The van der Waals surface area contributed by atoms with Gasteiger partial charge in [-0.2, -0.15) is 4.98 Å². The quantitative estimate of drug-likeness (QED) is 0.917. The summed E-state index contributed by atoms with van der Waals surface area (Å²) in [5.74, 6) is 2.62. The lowest BCUT2D eigenvalue weighted by Crippen LogP contribution is -2.38. The molecule has 5 nitrogen and oxygen atoms in total. The molecular weight excluding hydrogens is 242 g/mol. The van der Waals surface area contributed by atoms with E-state index in [-0.39, 0.29) is 0 Å². The molecule has 2 bridgehead atoms. The zero-order chi connectivity index (χ0) is 12.7. The van der Waals surface area contributed by atoms with Crippen molar-refractivity contribution >= 4 is 0 Å². The van der Waals surface area contributed by atoms with Crippen molar-refractivity contribution in [2.24, 2.45) is 5.92 Å². The first-order valence-corrected chi connectivity index (χ1v) is 6.99. The molecule has 2 aliphatic rings. The first kappa shape index (κ1) is 11.2. The maximum Gasteiger partial charge on any atom is 0.238 e. The molecular formula is C14H17N3O2. The van der Waals surface area contributed by atoms with Crippen LogP contribution in [0.3, 0.4) is 0 Å². The van der Waals surface area contributed by atoms with E-state index in [1.54, 1.807) is 6.26 Å². The SMILES string of the molecule is c1coc(-c2noc(CC3CC4CCC(C3)N4)n2)c1. The van der Waals surface area contributed by atoms with Gasteiger partial charge in [-0.05, 0) is 43.7 Å². The van der Waals surface area contributed by atoms with Gasteiger partial charge in [0, 0.05) is 18.5 Å². The standard InChI is InChI=1S/C14H17N3O2/c1-2-12(18-5-1)14-16-13(19-17-14)8-9-6-10-3-4-11(7-9)15-10/h1-2,5,9-11,15H,3-4,6-8H2. The monoisotopic (exact) mass is 259 g/mol. The zero-order valence-electron chi connectivity index (χ0n) is 10.7. The maximum atomic E-state index is 5.34. The van der Waals surface area contributed by atoms with Crippen LogP contribution in [0, 0.1) is 5.92 Å². The molecule has 2 aromatic heterocycles. The Bertz CT molecular complexity index is 537. The van der Waals surface area contributed by atoms with Crippen LogP contribution in [0.4, 0.5) is 0 Å². The van der Waals surface area contributed by atoms with E-state index in [2.05, 4.69) is 15.5 Å². The second-order valence-corrected chi connectivity index (χ2v) is 5.67. The lowest BCUT2D eigenvalue weighted by molar-refractivity contribution is 0.270. The Morgan fingerprint density at radius 2 is 2.11 bits per heavy atom. The summed E-state index contributed by atoms with van der Waals surface area (Å²) in [6, 6.07) is 5.09. The zero-order valence-corrected chi connectivity index (χ0v) is 10.7. The predicted octanol–water partition coefficient (Wildman–Crippen LogP) is 2.40. The smallest absolute Gasteiger partial charge is 0.238 e. The molecule has 0 amide bonds. The predicted molar refractivity (Wildman–Crippen MR) is 68.4 cm³/mol. The second-order valence-electron chi connectivity index (χ2n) is 5.67. The molecule has 2 fully saturated rings. The van der Waals surface area contributed by atoms with Crippen molar-refractivity contribution in [3.63, 3.8) is 0 Å². The van der Waals surface area contributed by atoms with Gasteiger partial charge in [-0.3, -0.25) is 0 Å². The van der Waals surface area contributed by atoms with Gasteiger partial charge >= 0.3 is 0 Å². The Hall–Kier alpha value is -1.62. The third-order valence-electron chi connectivity index (χ3n) is 4.24. The summed E-state index contributed by atoms with van der Waals surface area (Å²) in [7, 11) is 0. The molecule has 0 aliphatic carbocycles. The lowest BCUT2D eigenvalue weighted by atomic mass is 9.90. The van der Waals surface area contributed by atoms with Crippen LogP contribution in [0.2, 0.25) is 0 Å². The van der Waals surface area contributed by atoms with E-state index in [1.165, 1.54) is 25.7 Å². The van der Waals surface area contributed by atoms with Crippen molar-refractivity contribution < 1.29 is 8.94 Å². The van der Waals surface area contributed by atoms with Crippen molar-refractivity contribution in [3.05, 3.63) is 24.3 Å². The van der Waals surface area contributed by atoms with E-state index in [1.807, 2.05) is 12.1 Å². The lowest BCUT2D eigenvalue weighted by Gasteiger charge is -2.27. The number of piperidine rings is 1. The van der Waals surface area contributed by atoms with Crippen LogP contribution in [0.15, 0.2) is 27.3 Å². The van der Waals surface area contributed by atoms with Crippen molar-refractivity contribution in [1.82, 2.24) is 15.5 Å². The fraction of sp³-hybridized carbons (Fsp3) is 0.571. The molecule has 19 heavy (non-hydrogen) atoms. The van der Waals surface area contributed by atoms with Crippen LogP contribution in [0.1, 0.15) is 31.6 Å². The fourth-order valence-corrected chi connectivity index (χ4v) is 3.43. The largest absolute Gasteiger partial charge is 0.461 e. The Morgan fingerprint density at radius 3 is 2.84 bits per heavy atom. The minimum atomic E-state index is 0.553. The third kappa shape index (κ3) is 2.18. The highest BCUT2D eigenvalue weighted by molar-refractivity contribution is 5.44. The number of hydrogen-bond donors (Lipinski definition) is 1. The molecule has 5 heteroatoms. The van der Waals surface area contributed by atoms with Crippen LogP contribution in [-0.4, -0.2) is 22.2 Å². The highest BCUT2D eigenvalue weighted by Crippen LogP contribution is 2.32. The number of rotatable bonds is 3. The second kappa shape index (κ2) is 4.49. The van der Waals surface area contributed by atoms with Crippen LogP contribution in [-0.2, 0) is 6.42 Å². The number of furan rings is 1. The first-order chi connectivity index (χ1) is 9.37. The van der Waals surface area contributed by atoms with Gasteiger partial charge in [-0.1, -0.05) is 5.16 Å². The first-order valence-electron chi connectivity index (χ1n) is 6.99. The average molecular weight is 259 g/mol. The normalized spacial score (nSPS) is 29.8. The molecule has 0 spiro atoms. The number of nitrogens with one attached hydrogen (secondary N) is 1. The minimum absolute atomic E-state index is 0.553. The summed E-state index contributed by atoms with van der Waals surface area (Å²) in [6.07, 6.45) is 7.62. The van der Waals surface area contributed by atoms with Crippen LogP contribution >= 0.6 is 0 Å². The molecule has 4 rings (SSSR count). The molecule has 100 valence electrons. The van der Waals surface area contributed by atoms with Gasteiger partial charge < -0.3 is 14.3 Å². The van der Waals surface area contributed by atoms with Gasteiger partial charge in [0.15, 0.2) is 5.76 Å². The van der Waals surface area contributed by atoms with E-state index < -0.39 is 0 Å². The van der Waals surface area contributed by atoms with Crippen molar-refractivity contribution in [2.45, 2.75) is 44.2 Å². The van der Waals surface area contributed by atoms with Crippen LogP contribution in [0.25, 0.3) is 11.6 Å². The number of hydrogen-bond acceptors (Lipinski definition) is 5. The summed E-state index contributed by atoms with van der Waals surface area (Å²) in [4.78, 5) is 4.43. The summed E-state index contributed by atoms with van der Waals surface area (Å²) in [5, 5.41) is 7.63. The van der Waals surface area contributed by atoms with E-state index >= 15 is 0 Å². The third-order valence-corrected chi connectivity index (χ3v) is 4.24.